The Bertz CT molecular complexity index is 1360. The van der Waals surface area contributed by atoms with Crippen LogP contribution in [-0.2, 0) is 10.0 Å². The molecular weight excluding hydrogens is 523 g/mol. The number of rotatable bonds is 7. The Labute approximate surface area is 206 Å². The lowest BCUT2D eigenvalue weighted by Crippen LogP contribution is -2.42. The van der Waals surface area contributed by atoms with Gasteiger partial charge in [-0.3, -0.25) is 9.10 Å². The molecular formula is C25H22BrFN2O4S. The standard InChI is InChI=1S/C25H22BrFN2O4S/c1-2-11-29(22-15-18(9-10-21(22)27)17-7-4-3-5-8-17)34(32,33)23-16-19(14-20(26)24(23)30)25(31)28-12-6-13-28/h2-5,7-10,14-16,30H,1,6,11-13H2. The van der Waals surface area contributed by atoms with E-state index >= 15 is 0 Å². The van der Waals surface area contributed by atoms with E-state index < -0.39 is 26.5 Å². The monoisotopic (exact) mass is 544 g/mol. The first kappa shape index (κ1) is 24.0. The molecule has 34 heavy (non-hydrogen) atoms. The van der Waals surface area contributed by atoms with Gasteiger partial charge >= 0.3 is 0 Å². The van der Waals surface area contributed by atoms with Gasteiger partial charge in [0.05, 0.1) is 16.7 Å². The molecule has 4 rings (SSSR count). The number of benzene rings is 3. The third kappa shape index (κ3) is 4.45. The number of nitrogens with zero attached hydrogens (tertiary/aromatic N) is 2. The number of anilines is 1. The summed E-state index contributed by atoms with van der Waals surface area (Å²) in [5.74, 6) is -1.65. The molecule has 9 heteroatoms. The van der Waals surface area contributed by atoms with Gasteiger partial charge in [0.25, 0.3) is 15.9 Å². The fourth-order valence-electron chi connectivity index (χ4n) is 3.67. The molecule has 3 aromatic rings. The molecule has 0 aliphatic carbocycles. The van der Waals surface area contributed by atoms with Crippen molar-refractivity contribution < 1.29 is 22.7 Å². The molecule has 0 spiro atoms. The number of halogens is 2. The summed E-state index contributed by atoms with van der Waals surface area (Å²) in [6, 6.07) is 15.9. The minimum Gasteiger partial charge on any atom is -0.505 e. The second-order valence-electron chi connectivity index (χ2n) is 7.81. The Morgan fingerprint density at radius 2 is 1.82 bits per heavy atom. The van der Waals surface area contributed by atoms with Gasteiger partial charge in [0.1, 0.15) is 16.5 Å². The zero-order valence-corrected chi connectivity index (χ0v) is 20.5. The second kappa shape index (κ2) is 9.60. The van der Waals surface area contributed by atoms with Crippen molar-refractivity contribution in [3.05, 3.63) is 89.2 Å². The Hall–Kier alpha value is -3.17. The van der Waals surface area contributed by atoms with Gasteiger partial charge in [-0.25, -0.2) is 12.8 Å². The van der Waals surface area contributed by atoms with E-state index in [1.807, 2.05) is 30.3 Å². The number of phenols is 1. The SMILES string of the molecule is C=CCN(c1cc(-c2ccccc2)ccc1F)S(=O)(=O)c1cc(C(=O)N2CCC2)cc(Br)c1O. The Kier molecular flexibility index (Phi) is 6.77. The van der Waals surface area contributed by atoms with Crippen molar-refractivity contribution in [1.82, 2.24) is 4.90 Å². The van der Waals surface area contributed by atoms with Crippen molar-refractivity contribution in [3.63, 3.8) is 0 Å². The van der Waals surface area contributed by atoms with Crippen molar-refractivity contribution in [1.29, 1.82) is 0 Å². The normalized spacial score (nSPS) is 13.3. The molecule has 3 aromatic carbocycles. The van der Waals surface area contributed by atoms with Crippen LogP contribution in [0.1, 0.15) is 16.8 Å². The number of likely N-dealkylation sites (tertiary alicyclic amines) is 1. The van der Waals surface area contributed by atoms with Gasteiger partial charge in [0.2, 0.25) is 0 Å². The zero-order chi connectivity index (χ0) is 24.5. The van der Waals surface area contributed by atoms with E-state index in [2.05, 4.69) is 22.5 Å². The molecule has 0 unspecified atom stereocenters. The summed E-state index contributed by atoms with van der Waals surface area (Å²) in [7, 11) is -4.49. The van der Waals surface area contributed by atoms with Gasteiger partial charge in [-0.15, -0.1) is 6.58 Å². The maximum absolute atomic E-state index is 15.0. The van der Waals surface area contributed by atoms with Crippen molar-refractivity contribution in [2.45, 2.75) is 11.3 Å². The van der Waals surface area contributed by atoms with Crippen LogP contribution in [0.3, 0.4) is 0 Å². The van der Waals surface area contributed by atoms with Gasteiger partial charge in [0, 0.05) is 18.7 Å². The van der Waals surface area contributed by atoms with Gasteiger partial charge in [-0.2, -0.15) is 0 Å². The average Bonchev–Trinajstić information content (AvgIpc) is 2.79. The Morgan fingerprint density at radius 3 is 2.44 bits per heavy atom. The van der Waals surface area contributed by atoms with Gasteiger partial charge < -0.3 is 10.0 Å². The summed E-state index contributed by atoms with van der Waals surface area (Å²) >= 11 is 3.15. The first-order valence-corrected chi connectivity index (χ1v) is 12.8. The van der Waals surface area contributed by atoms with Crippen LogP contribution in [0.25, 0.3) is 11.1 Å². The number of carbonyl (C=O) groups excluding carboxylic acids is 1. The summed E-state index contributed by atoms with van der Waals surface area (Å²) in [5.41, 5.74) is 1.32. The van der Waals surface area contributed by atoms with Crippen molar-refractivity contribution in [2.75, 3.05) is 23.9 Å². The fourth-order valence-corrected chi connectivity index (χ4v) is 5.83. The van der Waals surface area contributed by atoms with Crippen LogP contribution >= 0.6 is 15.9 Å². The van der Waals surface area contributed by atoms with Gasteiger partial charge in [0.15, 0.2) is 0 Å². The highest BCUT2D eigenvalue weighted by atomic mass is 79.9. The van der Waals surface area contributed by atoms with Gasteiger partial charge in [-0.1, -0.05) is 42.5 Å². The maximum Gasteiger partial charge on any atom is 0.268 e. The molecule has 1 N–H and O–H groups in total. The van der Waals surface area contributed by atoms with E-state index in [0.29, 0.717) is 18.7 Å². The van der Waals surface area contributed by atoms with E-state index in [-0.39, 0.29) is 28.2 Å². The van der Waals surface area contributed by atoms with Crippen LogP contribution in [0.15, 0.2) is 82.7 Å². The fraction of sp³-hybridized carbons (Fsp3) is 0.160. The number of phenolic OH excluding ortho intramolecular Hbond substituents is 1. The third-order valence-electron chi connectivity index (χ3n) is 5.60. The van der Waals surface area contributed by atoms with Crippen molar-refractivity contribution in [3.8, 4) is 16.9 Å². The van der Waals surface area contributed by atoms with E-state index in [1.54, 1.807) is 11.0 Å². The maximum atomic E-state index is 15.0. The van der Waals surface area contributed by atoms with Crippen LogP contribution in [-0.4, -0.2) is 44.0 Å². The predicted molar refractivity (Wildman–Crippen MR) is 133 cm³/mol. The smallest absolute Gasteiger partial charge is 0.268 e. The molecule has 1 amide bonds. The van der Waals surface area contributed by atoms with E-state index in [4.69, 9.17) is 0 Å². The van der Waals surface area contributed by atoms with E-state index in [1.165, 1.54) is 24.3 Å². The van der Waals surface area contributed by atoms with Crippen molar-refractivity contribution in [2.24, 2.45) is 0 Å². The van der Waals surface area contributed by atoms with Gasteiger partial charge in [-0.05, 0) is 57.7 Å². The first-order valence-electron chi connectivity index (χ1n) is 10.5. The number of sulfonamides is 1. The molecule has 6 nitrogen and oxygen atoms in total. The number of aromatic hydroxyl groups is 1. The zero-order valence-electron chi connectivity index (χ0n) is 18.1. The highest BCUT2D eigenvalue weighted by Gasteiger charge is 2.32. The Balaban J connectivity index is 1.83. The molecule has 1 saturated heterocycles. The topological polar surface area (TPSA) is 77.9 Å². The lowest BCUT2D eigenvalue weighted by atomic mass is 10.1. The minimum absolute atomic E-state index is 0.0505. The number of hydrogen-bond acceptors (Lipinski definition) is 4. The quantitative estimate of drug-likeness (QED) is 0.415. The summed E-state index contributed by atoms with van der Waals surface area (Å²) in [6.45, 7) is 4.52. The third-order valence-corrected chi connectivity index (χ3v) is 8.00. The number of amides is 1. The molecule has 0 saturated carbocycles. The molecule has 1 aliphatic rings. The highest BCUT2D eigenvalue weighted by Crippen LogP contribution is 2.38. The van der Waals surface area contributed by atoms with Crippen LogP contribution in [0.5, 0.6) is 5.75 Å². The second-order valence-corrected chi connectivity index (χ2v) is 10.5. The molecule has 1 aliphatic heterocycles. The first-order chi connectivity index (χ1) is 16.2. The van der Waals surface area contributed by atoms with Crippen LogP contribution in [0.4, 0.5) is 10.1 Å². The molecule has 1 heterocycles. The summed E-state index contributed by atoms with van der Waals surface area (Å²) < 4.78 is 43.3. The lowest BCUT2D eigenvalue weighted by Gasteiger charge is -2.31. The van der Waals surface area contributed by atoms with E-state index in [0.717, 1.165) is 22.4 Å². The molecule has 1 fully saturated rings. The molecule has 0 atom stereocenters. The molecule has 0 radical (unpaired) electrons. The molecule has 176 valence electrons. The van der Waals surface area contributed by atoms with Crippen LogP contribution < -0.4 is 4.31 Å². The summed E-state index contributed by atoms with van der Waals surface area (Å²) in [5, 5.41) is 10.6. The van der Waals surface area contributed by atoms with Crippen molar-refractivity contribution >= 4 is 37.5 Å². The highest BCUT2D eigenvalue weighted by molar-refractivity contribution is 9.10. The number of hydrogen-bond donors (Lipinski definition) is 1. The largest absolute Gasteiger partial charge is 0.505 e. The molecule has 0 bridgehead atoms. The minimum atomic E-state index is -4.49. The molecule has 0 aromatic heterocycles. The average molecular weight is 545 g/mol. The summed E-state index contributed by atoms with van der Waals surface area (Å²) in [4.78, 5) is 13.8. The lowest BCUT2D eigenvalue weighted by molar-refractivity contribution is 0.0651. The summed E-state index contributed by atoms with van der Waals surface area (Å²) in [6.07, 6.45) is 2.20. The number of carbonyl (C=O) groups is 1. The predicted octanol–water partition coefficient (Wildman–Crippen LogP) is 5.19. The van der Waals surface area contributed by atoms with Crippen LogP contribution in [0, 0.1) is 5.82 Å². The van der Waals surface area contributed by atoms with Crippen LogP contribution in [0.2, 0.25) is 0 Å². The Morgan fingerprint density at radius 1 is 1.12 bits per heavy atom. The van der Waals surface area contributed by atoms with E-state index in [9.17, 15) is 22.7 Å².